The highest BCUT2D eigenvalue weighted by Gasteiger charge is 2.13. The summed E-state index contributed by atoms with van der Waals surface area (Å²) in [5.74, 6) is -2.37. The molecule has 0 radical (unpaired) electrons. The van der Waals surface area contributed by atoms with E-state index >= 15 is 0 Å². The summed E-state index contributed by atoms with van der Waals surface area (Å²) in [6.45, 7) is 0. The van der Waals surface area contributed by atoms with Gasteiger partial charge in [-0.25, -0.2) is 0 Å². The molecule has 0 rings (SSSR count). The van der Waals surface area contributed by atoms with Crippen molar-refractivity contribution in [3.63, 3.8) is 0 Å². The highest BCUT2D eigenvalue weighted by atomic mass is 16.3. The lowest BCUT2D eigenvalue weighted by atomic mass is 10.3. The average molecular weight is 158 g/mol. The number of nitrogens with two attached hydrogens (primary N) is 3. The molecule has 0 atom stereocenters. The minimum absolute atomic E-state index is 0.658. The van der Waals surface area contributed by atoms with Crippen molar-refractivity contribution in [2.75, 3.05) is 0 Å². The number of carbonyl (C=O) groups excluding carboxylic acids is 2. The number of amides is 2. The predicted octanol–water partition coefficient (Wildman–Crippen LogP) is -2.11. The van der Waals surface area contributed by atoms with Gasteiger partial charge in [-0.15, -0.1) is 4.91 Å². The van der Waals surface area contributed by atoms with Crippen LogP contribution in [0.3, 0.4) is 0 Å². The van der Waals surface area contributed by atoms with Gasteiger partial charge < -0.3 is 17.2 Å². The minimum atomic E-state index is -1.30. The van der Waals surface area contributed by atoms with E-state index in [9.17, 15) is 14.5 Å². The van der Waals surface area contributed by atoms with Crippen LogP contribution < -0.4 is 17.2 Å². The van der Waals surface area contributed by atoms with Crippen LogP contribution in [0.4, 0.5) is 0 Å². The Balaban J connectivity index is 4.80. The van der Waals surface area contributed by atoms with Gasteiger partial charge in [0, 0.05) is 5.18 Å². The van der Waals surface area contributed by atoms with E-state index in [0.29, 0.717) is 0 Å². The van der Waals surface area contributed by atoms with Crippen LogP contribution in [0, 0.1) is 4.91 Å². The summed E-state index contributed by atoms with van der Waals surface area (Å²) >= 11 is 0. The van der Waals surface area contributed by atoms with Crippen molar-refractivity contribution in [1.29, 1.82) is 0 Å². The average Bonchev–Trinajstić information content (AvgIpc) is 2.00. The molecule has 0 unspecified atom stereocenters. The first-order valence-corrected chi connectivity index (χ1v) is 2.43. The summed E-state index contributed by atoms with van der Waals surface area (Å²) in [6, 6.07) is 0. The normalized spacial score (nSPS) is 11.6. The monoisotopic (exact) mass is 158 g/mol. The molecule has 0 heterocycles. The van der Waals surface area contributed by atoms with Gasteiger partial charge in [-0.05, 0) is 0 Å². The van der Waals surface area contributed by atoms with Crippen molar-refractivity contribution in [2.45, 2.75) is 0 Å². The molecule has 0 saturated carbocycles. The molecule has 7 heteroatoms. The standard InChI is InChI=1S/C4H6N4O3/c5-1(3(7)9)2(6)4(10)8-11/h5-6H2,(H2,7,9)/b2-1-. The Hall–Kier alpha value is -1.92. The highest BCUT2D eigenvalue weighted by Crippen LogP contribution is 1.92. The lowest BCUT2D eigenvalue weighted by Gasteiger charge is -1.96. The van der Waals surface area contributed by atoms with Crippen LogP contribution in [-0.2, 0) is 9.59 Å². The zero-order valence-electron chi connectivity index (χ0n) is 5.40. The Morgan fingerprint density at radius 1 is 1.00 bits per heavy atom. The van der Waals surface area contributed by atoms with Gasteiger partial charge in [-0.2, -0.15) is 0 Å². The quantitative estimate of drug-likeness (QED) is 0.311. The lowest BCUT2D eigenvalue weighted by molar-refractivity contribution is -0.117. The first kappa shape index (κ1) is 9.08. The number of nitroso groups, excluding NO2 is 1. The third-order valence-corrected chi connectivity index (χ3v) is 0.869. The summed E-state index contributed by atoms with van der Waals surface area (Å²) < 4.78 is 0. The van der Waals surface area contributed by atoms with E-state index in [2.05, 4.69) is 5.73 Å². The highest BCUT2D eigenvalue weighted by molar-refractivity contribution is 6.03. The van der Waals surface area contributed by atoms with Gasteiger partial charge >= 0.3 is 5.91 Å². The molecular weight excluding hydrogens is 152 g/mol. The van der Waals surface area contributed by atoms with Crippen molar-refractivity contribution in [1.82, 2.24) is 0 Å². The van der Waals surface area contributed by atoms with Crippen molar-refractivity contribution < 1.29 is 9.59 Å². The smallest absolute Gasteiger partial charge is 0.334 e. The van der Waals surface area contributed by atoms with Crippen molar-refractivity contribution in [3.8, 4) is 0 Å². The molecule has 0 fully saturated rings. The second-order valence-electron chi connectivity index (χ2n) is 1.59. The Bertz CT molecular complexity index is 244. The van der Waals surface area contributed by atoms with Gasteiger partial charge in [0.05, 0.1) is 0 Å². The fourth-order valence-corrected chi connectivity index (χ4v) is 0.297. The molecule has 0 aromatic rings. The van der Waals surface area contributed by atoms with Gasteiger partial charge in [0.15, 0.2) is 0 Å². The summed E-state index contributed by atoms with van der Waals surface area (Å²) in [5, 5.41) is 1.93. The Kier molecular flexibility index (Phi) is 2.72. The number of hydrogen-bond donors (Lipinski definition) is 3. The van der Waals surface area contributed by atoms with Crippen LogP contribution in [0.5, 0.6) is 0 Å². The molecule has 0 aliphatic rings. The van der Waals surface area contributed by atoms with Crippen LogP contribution in [0.25, 0.3) is 0 Å². The topological polar surface area (TPSA) is 142 Å². The number of hydrogen-bond acceptors (Lipinski definition) is 5. The third-order valence-electron chi connectivity index (χ3n) is 0.869. The lowest BCUT2D eigenvalue weighted by Crippen LogP contribution is -2.27. The van der Waals surface area contributed by atoms with Crippen molar-refractivity contribution in [2.24, 2.45) is 22.4 Å². The molecule has 0 bridgehead atoms. The fourth-order valence-electron chi connectivity index (χ4n) is 0.297. The molecule has 0 saturated heterocycles. The van der Waals surface area contributed by atoms with Crippen molar-refractivity contribution in [3.05, 3.63) is 16.3 Å². The van der Waals surface area contributed by atoms with E-state index in [1.807, 2.05) is 5.18 Å². The maximum absolute atomic E-state index is 10.3. The first-order chi connectivity index (χ1) is 5.00. The van der Waals surface area contributed by atoms with E-state index in [-0.39, 0.29) is 0 Å². The maximum atomic E-state index is 10.3. The Morgan fingerprint density at radius 3 is 1.73 bits per heavy atom. The SMILES string of the molecule is NC(=O)/C(N)=C(/N)C(=O)N=O. The van der Waals surface area contributed by atoms with Gasteiger partial charge in [-0.3, -0.25) is 9.59 Å². The van der Waals surface area contributed by atoms with Gasteiger partial charge in [0.25, 0.3) is 5.91 Å². The second-order valence-corrected chi connectivity index (χ2v) is 1.59. The van der Waals surface area contributed by atoms with Gasteiger partial charge in [0.1, 0.15) is 11.4 Å². The Labute approximate surface area is 61.2 Å². The van der Waals surface area contributed by atoms with E-state index in [1.165, 1.54) is 0 Å². The summed E-state index contributed by atoms with van der Waals surface area (Å²) in [6.07, 6.45) is 0. The molecule has 6 N–H and O–H groups in total. The van der Waals surface area contributed by atoms with E-state index in [1.54, 1.807) is 0 Å². The summed E-state index contributed by atoms with van der Waals surface area (Å²) in [7, 11) is 0. The molecule has 11 heavy (non-hydrogen) atoms. The number of nitrogens with zero attached hydrogens (tertiary/aromatic N) is 1. The molecule has 7 nitrogen and oxygen atoms in total. The zero-order chi connectivity index (χ0) is 9.02. The largest absolute Gasteiger partial charge is 0.392 e. The predicted molar refractivity (Wildman–Crippen MR) is 35.4 cm³/mol. The summed E-state index contributed by atoms with van der Waals surface area (Å²) in [4.78, 5) is 30.1. The molecule has 0 aromatic carbocycles. The molecule has 0 aromatic heterocycles. The molecule has 60 valence electrons. The van der Waals surface area contributed by atoms with Crippen LogP contribution in [0.1, 0.15) is 0 Å². The maximum Gasteiger partial charge on any atom is 0.334 e. The van der Waals surface area contributed by atoms with Gasteiger partial charge in [-0.1, -0.05) is 0 Å². The van der Waals surface area contributed by atoms with Gasteiger partial charge in [0.2, 0.25) is 0 Å². The first-order valence-electron chi connectivity index (χ1n) is 2.43. The van der Waals surface area contributed by atoms with Crippen LogP contribution >= 0.6 is 0 Å². The number of rotatable bonds is 2. The van der Waals surface area contributed by atoms with Crippen LogP contribution in [0.15, 0.2) is 16.6 Å². The fraction of sp³-hybridized carbons (Fsp3) is 0. The Morgan fingerprint density at radius 2 is 1.45 bits per heavy atom. The van der Waals surface area contributed by atoms with E-state index in [0.717, 1.165) is 0 Å². The molecule has 0 aliphatic heterocycles. The third kappa shape index (κ3) is 2.05. The van der Waals surface area contributed by atoms with Crippen molar-refractivity contribution >= 4 is 11.8 Å². The number of carbonyl (C=O) groups is 2. The molecule has 0 spiro atoms. The summed E-state index contributed by atoms with van der Waals surface area (Å²) in [5.41, 5.74) is 13.0. The second kappa shape index (κ2) is 3.30. The molecule has 0 aliphatic carbocycles. The molecular formula is C4H6N4O3. The van der Waals surface area contributed by atoms with Crippen LogP contribution in [0.2, 0.25) is 0 Å². The zero-order valence-corrected chi connectivity index (χ0v) is 5.40. The number of primary amides is 1. The van der Waals surface area contributed by atoms with E-state index in [4.69, 9.17) is 11.5 Å². The van der Waals surface area contributed by atoms with Crippen LogP contribution in [-0.4, -0.2) is 11.8 Å². The molecule has 2 amide bonds. The van der Waals surface area contributed by atoms with E-state index < -0.39 is 23.2 Å². The minimum Gasteiger partial charge on any atom is -0.392 e.